The Kier molecular flexibility index (Phi) is 5.53. The molecule has 0 saturated carbocycles. The lowest BCUT2D eigenvalue weighted by Crippen LogP contribution is -2.34. The summed E-state index contributed by atoms with van der Waals surface area (Å²) in [6.07, 6.45) is 0.873. The number of hydrogen-bond donors (Lipinski definition) is 1. The molecule has 0 radical (unpaired) electrons. The molecule has 0 aliphatic rings. The molecule has 136 valence electrons. The predicted molar refractivity (Wildman–Crippen MR) is 84.2 cm³/mol. The summed E-state index contributed by atoms with van der Waals surface area (Å²) in [4.78, 5) is 10.9. The fourth-order valence-corrected chi connectivity index (χ4v) is 4.12. The second kappa shape index (κ2) is 7.28. The molecule has 0 aliphatic carbocycles. The number of benzene rings is 1. The Labute approximate surface area is 143 Å². The summed E-state index contributed by atoms with van der Waals surface area (Å²) < 4.78 is 55.1. The zero-order valence-electron chi connectivity index (χ0n) is 13.6. The number of carboxylic acid groups (broad SMARTS) is 1. The van der Waals surface area contributed by atoms with Crippen LogP contribution in [0.25, 0.3) is 0 Å². The minimum Gasteiger partial charge on any atom is -0.481 e. The van der Waals surface area contributed by atoms with Crippen molar-refractivity contribution in [2.45, 2.75) is 24.9 Å². The van der Waals surface area contributed by atoms with Gasteiger partial charge in [0.15, 0.2) is 16.7 Å². The van der Waals surface area contributed by atoms with Crippen LogP contribution in [-0.4, -0.2) is 40.1 Å². The van der Waals surface area contributed by atoms with Gasteiger partial charge in [-0.15, -0.1) is 0 Å². The van der Waals surface area contributed by atoms with Gasteiger partial charge in [0.2, 0.25) is 0 Å². The van der Waals surface area contributed by atoms with Crippen molar-refractivity contribution in [1.82, 2.24) is 14.1 Å². The van der Waals surface area contributed by atoms with Gasteiger partial charge in [-0.1, -0.05) is 12.1 Å². The largest absolute Gasteiger partial charge is 0.481 e. The second-order valence-electron chi connectivity index (χ2n) is 5.45. The van der Waals surface area contributed by atoms with Crippen LogP contribution < -0.4 is 0 Å². The maximum Gasteiger partial charge on any atom is 0.304 e. The van der Waals surface area contributed by atoms with Crippen LogP contribution in [0, 0.1) is 18.6 Å². The summed E-state index contributed by atoms with van der Waals surface area (Å²) in [7, 11) is -2.73. The van der Waals surface area contributed by atoms with Gasteiger partial charge in [0.25, 0.3) is 10.0 Å². The summed E-state index contributed by atoms with van der Waals surface area (Å²) in [5.41, 5.74) is 0.177. The summed E-state index contributed by atoms with van der Waals surface area (Å²) >= 11 is 0. The van der Waals surface area contributed by atoms with E-state index in [0.29, 0.717) is 5.56 Å². The number of hydrogen-bond acceptors (Lipinski definition) is 4. The fourth-order valence-electron chi connectivity index (χ4n) is 2.39. The standard InChI is InChI=1S/C15H17F2N3O4S/c1-10-8-18-19(2)15(10)25(23,24)20(7-6-13(21)22)9-11-4-3-5-12(16)14(11)17/h3-5,8H,6-7,9H2,1-2H3,(H,21,22). The molecule has 0 aliphatic heterocycles. The maximum atomic E-state index is 13.9. The quantitative estimate of drug-likeness (QED) is 0.797. The molecule has 2 aromatic rings. The van der Waals surface area contributed by atoms with Crippen molar-refractivity contribution in [3.8, 4) is 0 Å². The van der Waals surface area contributed by atoms with Crippen LogP contribution in [0.15, 0.2) is 29.4 Å². The Morgan fingerprint density at radius 2 is 2.04 bits per heavy atom. The number of rotatable bonds is 7. The Morgan fingerprint density at radius 3 is 2.60 bits per heavy atom. The first-order valence-corrected chi connectivity index (χ1v) is 8.72. The summed E-state index contributed by atoms with van der Waals surface area (Å²) in [5.74, 6) is -3.48. The van der Waals surface area contributed by atoms with Crippen LogP contribution in [-0.2, 0) is 28.4 Å². The molecule has 0 amide bonds. The van der Waals surface area contributed by atoms with Crippen molar-refractivity contribution in [3.05, 3.63) is 47.2 Å². The smallest absolute Gasteiger partial charge is 0.304 e. The molecular formula is C15H17F2N3O4S. The van der Waals surface area contributed by atoms with Gasteiger partial charge in [-0.3, -0.25) is 9.48 Å². The topological polar surface area (TPSA) is 92.5 Å². The Hall–Kier alpha value is -2.33. The highest BCUT2D eigenvalue weighted by Gasteiger charge is 2.30. The minimum atomic E-state index is -4.16. The minimum absolute atomic E-state index is 0.130. The number of aliphatic carboxylic acids is 1. The molecule has 1 aromatic carbocycles. The van der Waals surface area contributed by atoms with Gasteiger partial charge in [-0.2, -0.15) is 9.40 Å². The van der Waals surface area contributed by atoms with Gasteiger partial charge in [-0.25, -0.2) is 17.2 Å². The maximum absolute atomic E-state index is 13.9. The van der Waals surface area contributed by atoms with E-state index < -0.39 is 47.1 Å². The van der Waals surface area contributed by atoms with Crippen molar-refractivity contribution in [2.75, 3.05) is 6.54 Å². The number of aromatic nitrogens is 2. The molecular weight excluding hydrogens is 356 g/mol. The first-order valence-electron chi connectivity index (χ1n) is 7.28. The molecule has 1 N–H and O–H groups in total. The normalized spacial score (nSPS) is 11.9. The molecule has 0 saturated heterocycles. The molecule has 2 rings (SSSR count). The third kappa shape index (κ3) is 4.02. The zero-order valence-corrected chi connectivity index (χ0v) is 14.4. The van der Waals surface area contributed by atoms with Gasteiger partial charge in [0, 0.05) is 31.3 Å². The highest BCUT2D eigenvalue weighted by Crippen LogP contribution is 2.23. The number of carbonyl (C=O) groups is 1. The lowest BCUT2D eigenvalue weighted by atomic mass is 10.2. The monoisotopic (exact) mass is 373 g/mol. The van der Waals surface area contributed by atoms with Crippen LogP contribution in [0.4, 0.5) is 8.78 Å². The zero-order chi connectivity index (χ0) is 18.8. The average molecular weight is 373 g/mol. The van der Waals surface area contributed by atoms with Gasteiger partial charge in [-0.05, 0) is 13.0 Å². The van der Waals surface area contributed by atoms with Crippen molar-refractivity contribution >= 4 is 16.0 Å². The van der Waals surface area contributed by atoms with Crippen LogP contribution in [0.3, 0.4) is 0 Å². The van der Waals surface area contributed by atoms with Crippen LogP contribution in [0.2, 0.25) is 0 Å². The van der Waals surface area contributed by atoms with E-state index in [1.807, 2.05) is 0 Å². The van der Waals surface area contributed by atoms with E-state index in [4.69, 9.17) is 5.11 Å². The highest BCUT2D eigenvalue weighted by atomic mass is 32.2. The van der Waals surface area contributed by atoms with Crippen molar-refractivity contribution < 1.29 is 27.1 Å². The van der Waals surface area contributed by atoms with E-state index >= 15 is 0 Å². The number of aryl methyl sites for hydroxylation is 2. The van der Waals surface area contributed by atoms with E-state index in [1.165, 1.54) is 32.3 Å². The second-order valence-corrected chi connectivity index (χ2v) is 7.30. The number of halogens is 2. The molecule has 0 spiro atoms. The van der Waals surface area contributed by atoms with Gasteiger partial charge in [0.1, 0.15) is 0 Å². The first kappa shape index (κ1) is 19.0. The van der Waals surface area contributed by atoms with Crippen LogP contribution in [0.5, 0.6) is 0 Å². The van der Waals surface area contributed by atoms with Crippen molar-refractivity contribution in [1.29, 1.82) is 0 Å². The van der Waals surface area contributed by atoms with Gasteiger partial charge in [0.05, 0.1) is 12.6 Å². The average Bonchev–Trinajstić information content (AvgIpc) is 2.86. The Bertz CT molecular complexity index is 877. The Morgan fingerprint density at radius 1 is 1.36 bits per heavy atom. The first-order chi connectivity index (χ1) is 11.6. The van der Waals surface area contributed by atoms with E-state index in [9.17, 15) is 22.0 Å². The van der Waals surface area contributed by atoms with Crippen molar-refractivity contribution in [3.63, 3.8) is 0 Å². The SMILES string of the molecule is Cc1cnn(C)c1S(=O)(=O)N(CCC(=O)O)Cc1cccc(F)c1F. The molecule has 1 heterocycles. The van der Waals surface area contributed by atoms with Crippen LogP contribution >= 0.6 is 0 Å². The van der Waals surface area contributed by atoms with E-state index in [2.05, 4.69) is 5.10 Å². The predicted octanol–water partition coefficient (Wildman–Crippen LogP) is 1.67. The lowest BCUT2D eigenvalue weighted by Gasteiger charge is -2.22. The molecule has 0 unspecified atom stereocenters. The summed E-state index contributed by atoms with van der Waals surface area (Å²) in [6, 6.07) is 3.42. The van der Waals surface area contributed by atoms with E-state index in [-0.39, 0.29) is 10.6 Å². The van der Waals surface area contributed by atoms with Gasteiger partial charge < -0.3 is 5.11 Å². The number of sulfonamides is 1. The summed E-state index contributed by atoms with van der Waals surface area (Å²) in [6.45, 7) is 0.653. The third-order valence-electron chi connectivity index (χ3n) is 3.59. The molecule has 0 fully saturated rings. The van der Waals surface area contributed by atoms with Gasteiger partial charge >= 0.3 is 5.97 Å². The number of carboxylic acids is 1. The molecule has 1 aromatic heterocycles. The molecule has 0 bridgehead atoms. The third-order valence-corrected chi connectivity index (χ3v) is 5.66. The Balaban J connectivity index is 2.45. The summed E-state index contributed by atoms with van der Waals surface area (Å²) in [5, 5.41) is 12.6. The molecule has 0 atom stereocenters. The fraction of sp³-hybridized carbons (Fsp3) is 0.333. The lowest BCUT2D eigenvalue weighted by molar-refractivity contribution is -0.137. The van der Waals surface area contributed by atoms with E-state index in [0.717, 1.165) is 15.1 Å². The van der Waals surface area contributed by atoms with E-state index in [1.54, 1.807) is 0 Å². The molecule has 10 heteroatoms. The van der Waals surface area contributed by atoms with Crippen molar-refractivity contribution in [2.24, 2.45) is 7.05 Å². The number of nitrogens with zero attached hydrogens (tertiary/aromatic N) is 3. The molecule has 7 nitrogen and oxygen atoms in total. The van der Waals surface area contributed by atoms with Crippen LogP contribution in [0.1, 0.15) is 17.5 Å². The molecule has 25 heavy (non-hydrogen) atoms. The highest BCUT2D eigenvalue weighted by molar-refractivity contribution is 7.89.